The second-order valence-corrected chi connectivity index (χ2v) is 11.5. The Morgan fingerprint density at radius 1 is 0.652 bits per heavy atom. The molecule has 6 heteroatoms. The van der Waals surface area contributed by atoms with Gasteiger partial charge in [-0.1, -0.05) is 78.9 Å². The molecule has 2 aromatic heterocycles. The van der Waals surface area contributed by atoms with Crippen molar-refractivity contribution in [2.75, 3.05) is 5.32 Å². The molecule has 1 aliphatic heterocycles. The van der Waals surface area contributed by atoms with Gasteiger partial charge >= 0.3 is 0 Å². The number of amidine groups is 1. The number of hydrogen-bond acceptors (Lipinski definition) is 5. The minimum absolute atomic E-state index is 0.428. The molecule has 46 heavy (non-hydrogen) atoms. The van der Waals surface area contributed by atoms with Crippen LogP contribution in [0.4, 0.5) is 5.69 Å². The number of nitriles is 2. The Kier molecular flexibility index (Phi) is 5.59. The molecular weight excluding hydrogens is 566 g/mol. The van der Waals surface area contributed by atoms with Crippen molar-refractivity contribution in [2.45, 2.75) is 6.04 Å². The number of nitrogens with zero attached hydrogens (tertiary/aromatic N) is 4. The first-order valence-corrected chi connectivity index (χ1v) is 15.0. The molecule has 0 spiro atoms. The highest BCUT2D eigenvalue weighted by atomic mass is 16.3. The van der Waals surface area contributed by atoms with E-state index < -0.39 is 6.04 Å². The van der Waals surface area contributed by atoms with Gasteiger partial charge in [0.1, 0.15) is 23.0 Å². The fourth-order valence-corrected chi connectivity index (χ4v) is 6.82. The molecule has 0 saturated heterocycles. The smallest absolute Gasteiger partial charge is 0.136 e. The van der Waals surface area contributed by atoms with Crippen LogP contribution in [0.3, 0.4) is 0 Å². The second kappa shape index (κ2) is 9.95. The van der Waals surface area contributed by atoms with Crippen molar-refractivity contribution in [3.05, 3.63) is 155 Å². The molecule has 6 aromatic carbocycles. The molecule has 214 valence electrons. The molecule has 9 rings (SSSR count). The third kappa shape index (κ3) is 3.85. The van der Waals surface area contributed by atoms with E-state index in [-0.39, 0.29) is 0 Å². The molecular formula is C40H23N5O. The van der Waals surface area contributed by atoms with Crippen molar-refractivity contribution in [3.63, 3.8) is 0 Å². The monoisotopic (exact) mass is 589 g/mol. The molecule has 0 fully saturated rings. The lowest BCUT2D eigenvalue weighted by Crippen LogP contribution is -2.23. The molecule has 1 aliphatic rings. The van der Waals surface area contributed by atoms with E-state index >= 15 is 0 Å². The Balaban J connectivity index is 1.23. The number of aliphatic imine (C=N–C) groups is 1. The summed E-state index contributed by atoms with van der Waals surface area (Å²) < 4.78 is 8.54. The van der Waals surface area contributed by atoms with E-state index in [1.807, 2.05) is 48.5 Å². The maximum absolute atomic E-state index is 10.1. The van der Waals surface area contributed by atoms with E-state index in [4.69, 9.17) is 9.41 Å². The van der Waals surface area contributed by atoms with Gasteiger partial charge in [0.05, 0.1) is 34.3 Å². The number of hydrogen-bond donors (Lipinski definition) is 1. The molecule has 0 aliphatic carbocycles. The summed E-state index contributed by atoms with van der Waals surface area (Å²) in [5, 5.41) is 27.6. The largest absolute Gasteiger partial charge is 0.456 e. The van der Waals surface area contributed by atoms with Crippen LogP contribution in [-0.2, 0) is 0 Å². The van der Waals surface area contributed by atoms with Gasteiger partial charge in [-0.3, -0.25) is 4.99 Å². The van der Waals surface area contributed by atoms with Crippen molar-refractivity contribution in [1.82, 2.24) is 4.57 Å². The van der Waals surface area contributed by atoms with Crippen molar-refractivity contribution in [1.29, 1.82) is 10.5 Å². The number of benzene rings is 6. The van der Waals surface area contributed by atoms with Crippen LogP contribution in [0, 0.1) is 22.7 Å². The number of fused-ring (bicyclic) bond motifs is 7. The summed E-state index contributed by atoms with van der Waals surface area (Å²) in [7, 11) is 0. The molecule has 0 amide bonds. The van der Waals surface area contributed by atoms with Gasteiger partial charge in [0.15, 0.2) is 0 Å². The van der Waals surface area contributed by atoms with Gasteiger partial charge in [-0.05, 0) is 54.1 Å². The Hall–Kier alpha value is -6.63. The summed E-state index contributed by atoms with van der Waals surface area (Å²) >= 11 is 0. The lowest BCUT2D eigenvalue weighted by Gasteiger charge is -2.27. The highest BCUT2D eigenvalue weighted by Crippen LogP contribution is 2.41. The number of rotatable bonds is 3. The Morgan fingerprint density at radius 3 is 2.22 bits per heavy atom. The van der Waals surface area contributed by atoms with E-state index in [1.165, 1.54) is 0 Å². The molecule has 0 saturated carbocycles. The fraction of sp³-hybridized carbons (Fsp3) is 0.0250. The van der Waals surface area contributed by atoms with E-state index in [0.717, 1.165) is 71.8 Å². The Labute approximate surface area is 263 Å². The molecule has 1 atom stereocenters. The van der Waals surface area contributed by atoms with Crippen LogP contribution < -0.4 is 5.32 Å². The lowest BCUT2D eigenvalue weighted by molar-refractivity contribution is 0.669. The summed E-state index contributed by atoms with van der Waals surface area (Å²) in [6.45, 7) is 0. The first-order chi connectivity index (χ1) is 22.7. The van der Waals surface area contributed by atoms with Gasteiger partial charge in [0, 0.05) is 44.0 Å². The number of furan rings is 1. The molecule has 1 N–H and O–H groups in total. The molecule has 0 bridgehead atoms. The minimum atomic E-state index is -0.432. The summed E-state index contributed by atoms with van der Waals surface area (Å²) in [4.78, 5) is 5.13. The van der Waals surface area contributed by atoms with Crippen LogP contribution in [0.1, 0.15) is 33.9 Å². The zero-order valence-corrected chi connectivity index (χ0v) is 24.4. The predicted molar refractivity (Wildman–Crippen MR) is 182 cm³/mol. The number of anilines is 1. The average Bonchev–Trinajstić information content (AvgIpc) is 3.64. The Morgan fingerprint density at radius 2 is 1.41 bits per heavy atom. The van der Waals surface area contributed by atoms with Crippen LogP contribution in [0.2, 0.25) is 0 Å². The SMILES string of the molecule is N#Cc1cc(C#N)c2c(c1)NC(c1ccccc1)=NC2c1ccc(-n2c3ccccc3c3cc4oc5ccccc5c4cc32)cc1. The van der Waals surface area contributed by atoms with E-state index in [0.29, 0.717) is 17.0 Å². The highest BCUT2D eigenvalue weighted by Gasteiger charge is 2.28. The first-order valence-electron chi connectivity index (χ1n) is 15.0. The summed E-state index contributed by atoms with van der Waals surface area (Å²) in [6, 6.07) is 46.8. The third-order valence-corrected chi connectivity index (χ3v) is 8.90. The number of nitrogens with one attached hydrogen (secondary N) is 1. The summed E-state index contributed by atoms with van der Waals surface area (Å²) in [5.41, 5.74) is 9.20. The van der Waals surface area contributed by atoms with E-state index in [9.17, 15) is 10.5 Å². The Bertz CT molecular complexity index is 2630. The van der Waals surface area contributed by atoms with Crippen LogP contribution in [-0.4, -0.2) is 10.4 Å². The number of aromatic nitrogens is 1. The van der Waals surface area contributed by atoms with Gasteiger partial charge in [0.25, 0.3) is 0 Å². The van der Waals surface area contributed by atoms with Crippen molar-refractivity contribution >= 4 is 55.3 Å². The third-order valence-electron chi connectivity index (χ3n) is 8.90. The van der Waals surface area contributed by atoms with Gasteiger partial charge in [-0.15, -0.1) is 0 Å². The molecule has 0 radical (unpaired) electrons. The standard InChI is InChI=1S/C40H23N5O/c41-22-24-18-27(23-42)38-33(19-24)43-40(26-8-2-1-3-9-26)44-39(38)25-14-16-28(17-15-25)45-34-12-6-4-10-29(34)31-21-37-32(20-35(31)45)30-11-5-7-13-36(30)46-37/h1-21,39H,(H,43,44). The predicted octanol–water partition coefficient (Wildman–Crippen LogP) is 9.39. The molecule has 6 nitrogen and oxygen atoms in total. The zero-order chi connectivity index (χ0) is 30.8. The maximum atomic E-state index is 10.1. The fourth-order valence-electron chi connectivity index (χ4n) is 6.82. The van der Waals surface area contributed by atoms with E-state index in [2.05, 4.69) is 88.8 Å². The molecule has 1 unspecified atom stereocenters. The van der Waals surface area contributed by atoms with Crippen LogP contribution in [0.25, 0.3) is 49.4 Å². The van der Waals surface area contributed by atoms with Gasteiger partial charge in [-0.25, -0.2) is 0 Å². The zero-order valence-electron chi connectivity index (χ0n) is 24.4. The van der Waals surface area contributed by atoms with Crippen molar-refractivity contribution in [2.24, 2.45) is 4.99 Å². The van der Waals surface area contributed by atoms with Crippen molar-refractivity contribution < 1.29 is 4.42 Å². The highest BCUT2D eigenvalue weighted by molar-refractivity contribution is 6.17. The topological polar surface area (TPSA) is 90.0 Å². The van der Waals surface area contributed by atoms with Crippen LogP contribution in [0.5, 0.6) is 0 Å². The molecule has 3 heterocycles. The minimum Gasteiger partial charge on any atom is -0.456 e. The van der Waals surface area contributed by atoms with Gasteiger partial charge in [0.2, 0.25) is 0 Å². The summed E-state index contributed by atoms with van der Waals surface area (Å²) in [6.07, 6.45) is 0. The van der Waals surface area contributed by atoms with Crippen LogP contribution >= 0.6 is 0 Å². The first kappa shape index (κ1) is 25.8. The second-order valence-electron chi connectivity index (χ2n) is 11.5. The normalized spacial score (nSPS) is 14.1. The summed E-state index contributed by atoms with van der Waals surface area (Å²) in [5.74, 6) is 0.694. The maximum Gasteiger partial charge on any atom is 0.136 e. The number of para-hydroxylation sites is 2. The van der Waals surface area contributed by atoms with Crippen molar-refractivity contribution in [3.8, 4) is 17.8 Å². The van der Waals surface area contributed by atoms with Crippen LogP contribution in [0.15, 0.2) is 137 Å². The lowest BCUT2D eigenvalue weighted by atomic mass is 9.90. The molecule has 8 aromatic rings. The quantitative estimate of drug-likeness (QED) is 0.222. The van der Waals surface area contributed by atoms with E-state index in [1.54, 1.807) is 12.1 Å². The van der Waals surface area contributed by atoms with Gasteiger partial charge in [-0.2, -0.15) is 10.5 Å². The average molecular weight is 590 g/mol. The van der Waals surface area contributed by atoms with Gasteiger partial charge < -0.3 is 14.3 Å².